The van der Waals surface area contributed by atoms with Gasteiger partial charge in [0.2, 0.25) is 0 Å². The van der Waals surface area contributed by atoms with Crippen LogP contribution in [0.4, 0.5) is 10.5 Å². The third-order valence-electron chi connectivity index (χ3n) is 6.34. The highest BCUT2D eigenvalue weighted by molar-refractivity contribution is 9.10. The van der Waals surface area contributed by atoms with Crippen molar-refractivity contribution in [2.75, 3.05) is 4.90 Å². The molecule has 3 atom stereocenters. The van der Waals surface area contributed by atoms with Crippen LogP contribution in [0.2, 0.25) is 10.0 Å². The first kappa shape index (κ1) is 18.5. The number of rotatable bonds is 3. The molecule has 2 aromatic carbocycles. The highest BCUT2D eigenvalue weighted by Gasteiger charge is 2.69. The summed E-state index contributed by atoms with van der Waals surface area (Å²) in [6.07, 6.45) is 3.35. The normalized spacial score (nSPS) is 28.4. The summed E-state index contributed by atoms with van der Waals surface area (Å²) in [7, 11) is 0. The topological polar surface area (TPSA) is 40.6 Å². The SMILES string of the molecule is O=C1N(c2cc(Cl)cc(Cl)c2)C(=O)[C@@]2(Cc3ccc(Br)cc3)C3CCC(C3)N12. The average Bonchev–Trinajstić information content (AvgIpc) is 3.28. The molecule has 0 N–H and O–H groups in total. The van der Waals surface area contributed by atoms with Crippen molar-refractivity contribution in [3.63, 3.8) is 0 Å². The molecule has 0 spiro atoms. The van der Waals surface area contributed by atoms with Crippen molar-refractivity contribution in [1.29, 1.82) is 0 Å². The Morgan fingerprint density at radius 2 is 1.71 bits per heavy atom. The molecule has 3 aliphatic rings. The van der Waals surface area contributed by atoms with Gasteiger partial charge in [0.1, 0.15) is 5.54 Å². The minimum absolute atomic E-state index is 0.122. The van der Waals surface area contributed by atoms with Gasteiger partial charge in [-0.15, -0.1) is 0 Å². The molecule has 0 aromatic heterocycles. The van der Waals surface area contributed by atoms with E-state index in [9.17, 15) is 9.59 Å². The van der Waals surface area contributed by atoms with Crippen LogP contribution in [-0.2, 0) is 11.2 Å². The standard InChI is InChI=1S/C21H17BrCl2N2O2/c22-14-4-1-12(2-5-14)11-21-13-3-6-17(7-13)26(21)20(28)25(19(21)27)18-9-15(23)8-16(24)10-18/h1-2,4-5,8-10,13,17H,3,6-7,11H2/t13?,17?,21-/m1/s1. The highest BCUT2D eigenvalue weighted by Crippen LogP contribution is 2.55. The third kappa shape index (κ3) is 2.56. The first-order valence-corrected chi connectivity index (χ1v) is 10.8. The van der Waals surface area contributed by atoms with E-state index in [1.807, 2.05) is 29.2 Å². The molecular formula is C21H17BrCl2N2O2. The Bertz CT molecular complexity index is 976. The van der Waals surface area contributed by atoms with Gasteiger partial charge in [0.05, 0.1) is 5.69 Å². The summed E-state index contributed by atoms with van der Waals surface area (Å²) in [6, 6.07) is 12.7. The number of carbonyl (C=O) groups is 2. The van der Waals surface area contributed by atoms with E-state index in [1.165, 1.54) is 4.90 Å². The third-order valence-corrected chi connectivity index (χ3v) is 7.30. The fourth-order valence-electron chi connectivity index (χ4n) is 5.26. The van der Waals surface area contributed by atoms with Crippen LogP contribution in [0.5, 0.6) is 0 Å². The molecule has 0 radical (unpaired) electrons. The second-order valence-electron chi connectivity index (χ2n) is 7.81. The average molecular weight is 480 g/mol. The molecule has 1 aliphatic carbocycles. The number of piperidine rings is 1. The van der Waals surface area contributed by atoms with Gasteiger partial charge in [-0.25, -0.2) is 9.69 Å². The zero-order valence-electron chi connectivity index (χ0n) is 14.9. The van der Waals surface area contributed by atoms with Crippen molar-refractivity contribution in [2.24, 2.45) is 5.92 Å². The van der Waals surface area contributed by atoms with E-state index in [-0.39, 0.29) is 23.9 Å². The number of urea groups is 1. The number of carbonyl (C=O) groups excluding carboxylic acids is 2. The number of halogens is 3. The molecule has 1 saturated carbocycles. The predicted octanol–water partition coefficient (Wildman–Crippen LogP) is 5.69. The van der Waals surface area contributed by atoms with Gasteiger partial charge >= 0.3 is 6.03 Å². The molecule has 144 valence electrons. The predicted molar refractivity (Wildman–Crippen MR) is 113 cm³/mol. The lowest BCUT2D eigenvalue weighted by Crippen LogP contribution is -2.55. The summed E-state index contributed by atoms with van der Waals surface area (Å²) in [5.74, 6) is 0.0169. The van der Waals surface area contributed by atoms with Crippen LogP contribution < -0.4 is 4.90 Å². The van der Waals surface area contributed by atoms with E-state index in [2.05, 4.69) is 15.9 Å². The molecule has 3 fully saturated rings. The molecule has 2 heterocycles. The van der Waals surface area contributed by atoms with E-state index in [4.69, 9.17) is 23.2 Å². The van der Waals surface area contributed by atoms with Gasteiger partial charge in [-0.1, -0.05) is 51.3 Å². The molecule has 7 heteroatoms. The molecule has 3 amide bonds. The molecule has 2 bridgehead atoms. The summed E-state index contributed by atoms with van der Waals surface area (Å²) in [6.45, 7) is 0. The quantitative estimate of drug-likeness (QED) is 0.530. The van der Waals surface area contributed by atoms with Crippen molar-refractivity contribution < 1.29 is 9.59 Å². The van der Waals surface area contributed by atoms with Crippen LogP contribution in [0.1, 0.15) is 24.8 Å². The van der Waals surface area contributed by atoms with Crippen LogP contribution in [0.25, 0.3) is 0 Å². The second kappa shape index (κ2) is 6.48. The number of amides is 3. The number of hydrogen-bond donors (Lipinski definition) is 0. The lowest BCUT2D eigenvalue weighted by atomic mass is 9.78. The maximum atomic E-state index is 13.8. The first-order chi connectivity index (χ1) is 13.4. The highest BCUT2D eigenvalue weighted by atomic mass is 79.9. The smallest absolute Gasteiger partial charge is 0.306 e. The van der Waals surface area contributed by atoms with Crippen molar-refractivity contribution in [3.05, 3.63) is 62.5 Å². The van der Waals surface area contributed by atoms with Crippen LogP contribution in [-0.4, -0.2) is 28.4 Å². The summed E-state index contributed by atoms with van der Waals surface area (Å²) in [5.41, 5.74) is 0.673. The zero-order chi connectivity index (χ0) is 19.6. The number of fused-ring (bicyclic) bond motifs is 5. The fraction of sp³-hybridized carbons (Fsp3) is 0.333. The van der Waals surface area contributed by atoms with Crippen LogP contribution >= 0.6 is 39.1 Å². The molecule has 4 nitrogen and oxygen atoms in total. The van der Waals surface area contributed by atoms with Crippen LogP contribution in [0.15, 0.2) is 46.9 Å². The van der Waals surface area contributed by atoms with Crippen LogP contribution in [0, 0.1) is 5.92 Å². The second-order valence-corrected chi connectivity index (χ2v) is 9.60. The van der Waals surface area contributed by atoms with Crippen LogP contribution in [0.3, 0.4) is 0 Å². The Morgan fingerprint density at radius 3 is 2.39 bits per heavy atom. The van der Waals surface area contributed by atoms with Crippen molar-refractivity contribution in [1.82, 2.24) is 4.90 Å². The lowest BCUT2D eigenvalue weighted by Gasteiger charge is -2.38. The van der Waals surface area contributed by atoms with Gasteiger partial charge < -0.3 is 4.90 Å². The minimum atomic E-state index is -0.817. The van der Waals surface area contributed by atoms with Gasteiger partial charge in [0.15, 0.2) is 0 Å². The summed E-state index contributed by atoms with van der Waals surface area (Å²) < 4.78 is 0.988. The molecule has 28 heavy (non-hydrogen) atoms. The maximum Gasteiger partial charge on any atom is 0.332 e. The maximum absolute atomic E-state index is 13.8. The molecule has 2 unspecified atom stereocenters. The number of benzene rings is 2. The van der Waals surface area contributed by atoms with Gasteiger partial charge in [-0.05, 0) is 61.1 Å². The van der Waals surface area contributed by atoms with E-state index in [0.29, 0.717) is 22.2 Å². The number of imide groups is 1. The van der Waals surface area contributed by atoms with E-state index < -0.39 is 5.54 Å². The largest absolute Gasteiger partial charge is 0.332 e. The fourth-order valence-corrected chi connectivity index (χ4v) is 6.03. The van der Waals surface area contributed by atoms with E-state index in [0.717, 1.165) is 29.3 Å². The molecule has 5 rings (SSSR count). The first-order valence-electron chi connectivity index (χ1n) is 9.28. The van der Waals surface area contributed by atoms with Gasteiger partial charge in [0.25, 0.3) is 5.91 Å². The summed E-state index contributed by atoms with van der Waals surface area (Å²) in [5, 5.41) is 0.806. The Morgan fingerprint density at radius 1 is 1.04 bits per heavy atom. The summed E-state index contributed by atoms with van der Waals surface area (Å²) in [4.78, 5) is 30.3. The Kier molecular flexibility index (Phi) is 4.27. The Balaban J connectivity index is 1.61. The monoisotopic (exact) mass is 478 g/mol. The number of hydrogen-bond acceptors (Lipinski definition) is 2. The zero-order valence-corrected chi connectivity index (χ0v) is 18.0. The Hall–Kier alpha value is -1.56. The van der Waals surface area contributed by atoms with E-state index in [1.54, 1.807) is 18.2 Å². The van der Waals surface area contributed by atoms with Gasteiger partial charge in [-0.2, -0.15) is 0 Å². The van der Waals surface area contributed by atoms with E-state index >= 15 is 0 Å². The van der Waals surface area contributed by atoms with Crippen molar-refractivity contribution in [3.8, 4) is 0 Å². The minimum Gasteiger partial charge on any atom is -0.306 e. The molecular weight excluding hydrogens is 463 g/mol. The van der Waals surface area contributed by atoms with Gasteiger partial charge in [-0.3, -0.25) is 4.79 Å². The molecule has 2 aromatic rings. The molecule has 2 aliphatic heterocycles. The van der Waals surface area contributed by atoms with Gasteiger partial charge in [0, 0.05) is 27.0 Å². The summed E-state index contributed by atoms with van der Waals surface area (Å²) >= 11 is 15.7. The van der Waals surface area contributed by atoms with Crippen molar-refractivity contribution >= 4 is 56.8 Å². The lowest BCUT2D eigenvalue weighted by molar-refractivity contribution is -0.127. The molecule has 2 saturated heterocycles. The van der Waals surface area contributed by atoms with Crippen molar-refractivity contribution in [2.45, 2.75) is 37.3 Å². The number of nitrogens with zero attached hydrogens (tertiary/aromatic N) is 2. The number of anilines is 1. The Labute approximate surface area is 181 Å².